The summed E-state index contributed by atoms with van der Waals surface area (Å²) in [7, 11) is 0. The molecule has 1 aromatic carbocycles. The summed E-state index contributed by atoms with van der Waals surface area (Å²) in [6.45, 7) is 0.683. The Balaban J connectivity index is 2.34. The van der Waals surface area contributed by atoms with Gasteiger partial charge in [-0.2, -0.15) is 0 Å². The molecule has 0 spiro atoms. The summed E-state index contributed by atoms with van der Waals surface area (Å²) < 4.78 is 4.82. The van der Waals surface area contributed by atoms with E-state index < -0.39 is 0 Å². The number of nitrogens with two attached hydrogens (primary N) is 1. The monoisotopic (exact) mass is 293 g/mol. The third kappa shape index (κ3) is 3.56. The number of unbranched alkanes of at least 4 members (excludes halogenated alkanes) is 1. The topological polar surface area (TPSA) is 128 Å². The molecule has 0 radical (unpaired) electrons. The van der Waals surface area contributed by atoms with E-state index in [0.717, 1.165) is 12.8 Å². The Morgan fingerprint density at radius 2 is 1.81 bits per heavy atom. The van der Waals surface area contributed by atoms with Crippen molar-refractivity contribution in [3.8, 4) is 17.4 Å². The van der Waals surface area contributed by atoms with Gasteiger partial charge in [0.25, 0.3) is 6.47 Å². The Morgan fingerprint density at radius 3 is 2.43 bits per heavy atom. The smallest absolute Gasteiger partial charge is 0.299 e. The summed E-state index contributed by atoms with van der Waals surface area (Å²) in [5.41, 5.74) is 1.20. The van der Waals surface area contributed by atoms with E-state index in [9.17, 15) is 15.0 Å². The molecule has 4 N–H and O–H groups in total. The minimum absolute atomic E-state index is 0.0799. The Morgan fingerprint density at radius 1 is 1.14 bits per heavy atom. The number of aryl methyl sites for hydroxylation is 1. The average Bonchev–Trinajstić information content (AvgIpc) is 2.46. The van der Waals surface area contributed by atoms with Gasteiger partial charge in [-0.1, -0.05) is 0 Å². The van der Waals surface area contributed by atoms with Gasteiger partial charge >= 0.3 is 0 Å². The zero-order valence-electron chi connectivity index (χ0n) is 11.2. The van der Waals surface area contributed by atoms with Gasteiger partial charge in [-0.3, -0.25) is 4.79 Å². The number of benzene rings is 1. The van der Waals surface area contributed by atoms with E-state index in [1.54, 1.807) is 0 Å². The van der Waals surface area contributed by atoms with Crippen molar-refractivity contribution in [2.24, 2.45) is 5.90 Å². The highest BCUT2D eigenvalue weighted by Crippen LogP contribution is 2.30. The normalized spacial score (nSPS) is 10.7. The molecule has 0 aliphatic carbocycles. The summed E-state index contributed by atoms with van der Waals surface area (Å²) in [5, 5.41) is 18.9. The third-order valence-electron chi connectivity index (χ3n) is 2.88. The van der Waals surface area contributed by atoms with E-state index in [2.05, 4.69) is 14.8 Å². The van der Waals surface area contributed by atoms with Crippen molar-refractivity contribution < 1.29 is 24.6 Å². The molecule has 0 fully saturated rings. The lowest BCUT2D eigenvalue weighted by Crippen LogP contribution is -2.04. The fourth-order valence-electron chi connectivity index (χ4n) is 1.88. The van der Waals surface area contributed by atoms with Gasteiger partial charge in [-0.25, -0.2) is 15.9 Å². The van der Waals surface area contributed by atoms with Crippen molar-refractivity contribution in [1.82, 2.24) is 9.97 Å². The van der Waals surface area contributed by atoms with Gasteiger partial charge in [0.2, 0.25) is 5.88 Å². The Kier molecular flexibility index (Phi) is 4.85. The molecule has 0 atom stereocenters. The van der Waals surface area contributed by atoms with Crippen LogP contribution in [0.2, 0.25) is 0 Å². The summed E-state index contributed by atoms with van der Waals surface area (Å²) >= 11 is 0. The quantitative estimate of drug-likeness (QED) is 0.296. The van der Waals surface area contributed by atoms with Crippen LogP contribution in [0.1, 0.15) is 18.5 Å². The first kappa shape index (κ1) is 14.9. The van der Waals surface area contributed by atoms with Crippen LogP contribution >= 0.6 is 0 Å². The summed E-state index contributed by atoms with van der Waals surface area (Å²) in [4.78, 5) is 23.4. The molecular formula is C13H15N3O5. The fourth-order valence-corrected chi connectivity index (χ4v) is 1.88. The number of fused-ring (bicyclic) bond motifs is 1. The maximum Gasteiger partial charge on any atom is 0.299 e. The number of rotatable bonds is 7. The molecular weight excluding hydrogens is 278 g/mol. The summed E-state index contributed by atoms with van der Waals surface area (Å²) in [6, 6.07) is 2.55. The van der Waals surface area contributed by atoms with Crippen LogP contribution in [0.4, 0.5) is 0 Å². The molecule has 8 nitrogen and oxygen atoms in total. The van der Waals surface area contributed by atoms with Crippen LogP contribution in [0.25, 0.3) is 11.0 Å². The second-order valence-corrected chi connectivity index (χ2v) is 4.35. The molecule has 2 rings (SSSR count). The van der Waals surface area contributed by atoms with Crippen LogP contribution < -0.4 is 10.6 Å². The SMILES string of the molecule is NOCCCCc1nc2cc(O)c(O)cc2nc1OC=O. The van der Waals surface area contributed by atoms with E-state index in [4.69, 9.17) is 10.6 Å². The number of aromatic nitrogens is 2. The molecule has 112 valence electrons. The fraction of sp³-hybridized carbons (Fsp3) is 0.308. The maximum atomic E-state index is 10.5. The van der Waals surface area contributed by atoms with Crippen molar-refractivity contribution in [2.45, 2.75) is 19.3 Å². The van der Waals surface area contributed by atoms with Crippen LogP contribution in [0.3, 0.4) is 0 Å². The lowest BCUT2D eigenvalue weighted by Gasteiger charge is -2.08. The zero-order valence-corrected chi connectivity index (χ0v) is 11.2. The van der Waals surface area contributed by atoms with E-state index in [-0.39, 0.29) is 23.9 Å². The Hall–Kier alpha value is -2.45. The van der Waals surface area contributed by atoms with Crippen LogP contribution in [-0.4, -0.2) is 33.3 Å². The maximum absolute atomic E-state index is 10.5. The van der Waals surface area contributed by atoms with Gasteiger partial charge in [0.1, 0.15) is 5.69 Å². The lowest BCUT2D eigenvalue weighted by molar-refractivity contribution is -0.121. The molecule has 1 aromatic heterocycles. The van der Waals surface area contributed by atoms with Crippen molar-refractivity contribution in [3.05, 3.63) is 17.8 Å². The molecule has 1 heterocycles. The number of phenols is 2. The molecule has 0 aliphatic rings. The minimum Gasteiger partial charge on any atom is -0.504 e. The number of aromatic hydroxyl groups is 2. The van der Waals surface area contributed by atoms with E-state index in [1.807, 2.05) is 0 Å². The largest absolute Gasteiger partial charge is 0.504 e. The minimum atomic E-state index is -0.318. The highest BCUT2D eigenvalue weighted by molar-refractivity contribution is 5.79. The van der Waals surface area contributed by atoms with E-state index in [0.29, 0.717) is 29.8 Å². The lowest BCUT2D eigenvalue weighted by atomic mass is 10.2. The molecule has 2 aromatic rings. The molecule has 8 heteroatoms. The number of hydrogen-bond acceptors (Lipinski definition) is 8. The van der Waals surface area contributed by atoms with Crippen molar-refractivity contribution in [1.29, 1.82) is 0 Å². The van der Waals surface area contributed by atoms with Gasteiger partial charge in [-0.05, 0) is 19.3 Å². The van der Waals surface area contributed by atoms with Crippen LogP contribution in [-0.2, 0) is 16.1 Å². The van der Waals surface area contributed by atoms with Gasteiger partial charge in [-0.15, -0.1) is 0 Å². The van der Waals surface area contributed by atoms with Crippen molar-refractivity contribution >= 4 is 17.5 Å². The molecule has 0 aliphatic heterocycles. The van der Waals surface area contributed by atoms with Crippen molar-refractivity contribution in [3.63, 3.8) is 0 Å². The van der Waals surface area contributed by atoms with Crippen molar-refractivity contribution in [2.75, 3.05) is 6.61 Å². The third-order valence-corrected chi connectivity index (χ3v) is 2.88. The number of carbonyl (C=O) groups is 1. The predicted molar refractivity (Wildman–Crippen MR) is 72.6 cm³/mol. The predicted octanol–water partition coefficient (Wildman–Crippen LogP) is 0.789. The van der Waals surface area contributed by atoms with E-state index in [1.165, 1.54) is 12.1 Å². The zero-order chi connectivity index (χ0) is 15.2. The molecule has 21 heavy (non-hydrogen) atoms. The second kappa shape index (κ2) is 6.82. The van der Waals surface area contributed by atoms with Gasteiger partial charge < -0.3 is 19.8 Å². The number of carbonyl (C=O) groups excluding carboxylic acids is 1. The molecule has 0 saturated heterocycles. The Bertz CT molecular complexity index is 647. The second-order valence-electron chi connectivity index (χ2n) is 4.35. The Labute approximate surface area is 120 Å². The molecule has 0 amide bonds. The van der Waals surface area contributed by atoms with E-state index >= 15 is 0 Å². The highest BCUT2D eigenvalue weighted by Gasteiger charge is 2.12. The van der Waals surface area contributed by atoms with Gasteiger partial charge in [0.05, 0.1) is 17.6 Å². The number of ether oxygens (including phenoxy) is 1. The number of hydrogen-bond donors (Lipinski definition) is 3. The first-order valence-corrected chi connectivity index (χ1v) is 6.30. The first-order chi connectivity index (χ1) is 10.2. The molecule has 0 bridgehead atoms. The first-order valence-electron chi connectivity index (χ1n) is 6.30. The van der Waals surface area contributed by atoms with Gasteiger partial charge in [0, 0.05) is 12.1 Å². The van der Waals surface area contributed by atoms with Crippen LogP contribution in [0, 0.1) is 0 Å². The standard InChI is InChI=1S/C13H15N3O5/c14-21-4-2-1-3-8-13(20-7-17)16-10-6-12(19)11(18)5-9(10)15-8/h5-7,18-19H,1-4,14H2. The molecule has 0 saturated carbocycles. The highest BCUT2D eigenvalue weighted by atomic mass is 16.6. The summed E-state index contributed by atoms with van der Waals surface area (Å²) in [5.74, 6) is 4.41. The van der Waals surface area contributed by atoms with Gasteiger partial charge in [0.15, 0.2) is 11.5 Å². The number of phenolic OH excluding ortho intramolecular Hbond substituents is 2. The number of nitrogens with zero attached hydrogens (tertiary/aromatic N) is 2. The average molecular weight is 293 g/mol. The van der Waals surface area contributed by atoms with Crippen LogP contribution in [0.5, 0.6) is 17.4 Å². The van der Waals surface area contributed by atoms with Crippen LogP contribution in [0.15, 0.2) is 12.1 Å². The molecule has 0 unspecified atom stereocenters. The summed E-state index contributed by atoms with van der Waals surface area (Å²) in [6.07, 6.45) is 1.95.